The number of phenolic OH excluding ortho intramolecular Hbond substituents is 4. The third-order valence-electron chi connectivity index (χ3n) is 5.42. The van der Waals surface area contributed by atoms with E-state index < -0.39 is 0 Å². The molecular weight excluding hydrogens is 434 g/mol. The molecule has 0 aliphatic carbocycles. The first-order valence-electron chi connectivity index (χ1n) is 10.3. The van der Waals surface area contributed by atoms with E-state index in [-0.39, 0.29) is 45.8 Å². The van der Waals surface area contributed by atoms with Gasteiger partial charge < -0.3 is 25.2 Å². The SMILES string of the molecule is COc1ccc(-c2nc(-c3ccc(O)cc3O)nc(-c3ccc(O)cc3O)n2)c2ccccc12. The summed E-state index contributed by atoms with van der Waals surface area (Å²) in [7, 11) is 1.60. The van der Waals surface area contributed by atoms with E-state index in [0.29, 0.717) is 17.1 Å². The van der Waals surface area contributed by atoms with Crippen LogP contribution in [-0.2, 0) is 0 Å². The molecule has 0 spiro atoms. The largest absolute Gasteiger partial charge is 0.508 e. The van der Waals surface area contributed by atoms with Crippen LogP contribution >= 0.6 is 0 Å². The number of methoxy groups -OCH3 is 1. The Kier molecular flexibility index (Phi) is 5.10. The van der Waals surface area contributed by atoms with Crippen LogP contribution in [-0.4, -0.2) is 42.5 Å². The number of aromatic nitrogens is 3. The van der Waals surface area contributed by atoms with Gasteiger partial charge in [-0.25, -0.2) is 15.0 Å². The third kappa shape index (κ3) is 3.67. The van der Waals surface area contributed by atoms with Gasteiger partial charge >= 0.3 is 0 Å². The molecule has 4 N–H and O–H groups in total. The number of nitrogens with zero attached hydrogens (tertiary/aromatic N) is 3. The van der Waals surface area contributed by atoms with Crippen molar-refractivity contribution in [2.75, 3.05) is 7.11 Å². The molecule has 4 aromatic carbocycles. The molecular formula is C26H19N3O5. The second kappa shape index (κ2) is 8.25. The summed E-state index contributed by atoms with van der Waals surface area (Å²) in [4.78, 5) is 13.7. The molecule has 8 heteroatoms. The normalized spacial score (nSPS) is 11.0. The Balaban J connectivity index is 1.80. The lowest BCUT2D eigenvalue weighted by Gasteiger charge is -2.13. The highest BCUT2D eigenvalue weighted by Crippen LogP contribution is 2.37. The second-order valence-corrected chi connectivity index (χ2v) is 7.57. The zero-order valence-corrected chi connectivity index (χ0v) is 18.0. The Bertz CT molecular complexity index is 1480. The maximum absolute atomic E-state index is 10.4. The fourth-order valence-corrected chi connectivity index (χ4v) is 3.80. The number of hydrogen-bond donors (Lipinski definition) is 4. The van der Waals surface area contributed by atoms with Crippen LogP contribution in [0.25, 0.3) is 44.9 Å². The molecule has 0 aliphatic heterocycles. The highest BCUT2D eigenvalue weighted by molar-refractivity contribution is 5.99. The van der Waals surface area contributed by atoms with Crippen LogP contribution in [0, 0.1) is 0 Å². The van der Waals surface area contributed by atoms with E-state index in [2.05, 4.69) is 15.0 Å². The molecule has 0 amide bonds. The highest BCUT2D eigenvalue weighted by Gasteiger charge is 2.19. The van der Waals surface area contributed by atoms with Crippen molar-refractivity contribution >= 4 is 10.8 Å². The summed E-state index contributed by atoms with van der Waals surface area (Å²) >= 11 is 0. The molecule has 8 nitrogen and oxygen atoms in total. The van der Waals surface area contributed by atoms with Crippen LogP contribution in [0.5, 0.6) is 28.7 Å². The zero-order valence-electron chi connectivity index (χ0n) is 18.0. The van der Waals surface area contributed by atoms with E-state index in [1.807, 2.05) is 36.4 Å². The lowest BCUT2D eigenvalue weighted by Crippen LogP contribution is -2.01. The number of benzene rings is 4. The van der Waals surface area contributed by atoms with E-state index in [0.717, 1.165) is 10.8 Å². The molecule has 5 rings (SSSR count). The predicted molar refractivity (Wildman–Crippen MR) is 127 cm³/mol. The monoisotopic (exact) mass is 453 g/mol. The Labute approximate surface area is 194 Å². The smallest absolute Gasteiger partial charge is 0.167 e. The summed E-state index contributed by atoms with van der Waals surface area (Å²) in [5.74, 6) is 0.658. The molecule has 0 fully saturated rings. The van der Waals surface area contributed by atoms with Gasteiger partial charge in [0.25, 0.3) is 0 Å². The van der Waals surface area contributed by atoms with Gasteiger partial charge in [0.05, 0.1) is 18.2 Å². The first-order valence-corrected chi connectivity index (χ1v) is 10.3. The molecule has 0 radical (unpaired) electrons. The van der Waals surface area contributed by atoms with Crippen LogP contribution in [0.3, 0.4) is 0 Å². The number of hydrogen-bond acceptors (Lipinski definition) is 8. The molecule has 168 valence electrons. The number of rotatable bonds is 4. The predicted octanol–water partition coefficient (Wildman–Crippen LogP) is 4.86. The van der Waals surface area contributed by atoms with Crippen LogP contribution in [0.1, 0.15) is 0 Å². The Morgan fingerprint density at radius 3 is 1.53 bits per heavy atom. The molecule has 5 aromatic rings. The van der Waals surface area contributed by atoms with Crippen molar-refractivity contribution in [3.63, 3.8) is 0 Å². The number of ether oxygens (including phenoxy) is 1. The molecule has 0 bridgehead atoms. The fourth-order valence-electron chi connectivity index (χ4n) is 3.80. The van der Waals surface area contributed by atoms with E-state index in [4.69, 9.17) is 4.74 Å². The summed E-state index contributed by atoms with van der Waals surface area (Å²) in [5, 5.41) is 42.0. The van der Waals surface area contributed by atoms with Crippen molar-refractivity contribution in [3.8, 4) is 62.9 Å². The lowest BCUT2D eigenvalue weighted by molar-refractivity contribution is 0.420. The highest BCUT2D eigenvalue weighted by atomic mass is 16.5. The summed E-state index contributed by atoms with van der Waals surface area (Å²) < 4.78 is 5.49. The van der Waals surface area contributed by atoms with Gasteiger partial charge in [-0.15, -0.1) is 0 Å². The minimum absolute atomic E-state index is 0.104. The van der Waals surface area contributed by atoms with Gasteiger partial charge in [-0.1, -0.05) is 24.3 Å². The van der Waals surface area contributed by atoms with Crippen molar-refractivity contribution in [2.24, 2.45) is 0 Å². The van der Waals surface area contributed by atoms with Crippen LogP contribution in [0.4, 0.5) is 0 Å². The van der Waals surface area contributed by atoms with E-state index >= 15 is 0 Å². The van der Waals surface area contributed by atoms with E-state index in [1.165, 1.54) is 36.4 Å². The molecule has 0 saturated heterocycles. The van der Waals surface area contributed by atoms with Crippen molar-refractivity contribution in [3.05, 3.63) is 72.8 Å². The molecule has 0 atom stereocenters. The van der Waals surface area contributed by atoms with Crippen LogP contribution < -0.4 is 4.74 Å². The molecule has 0 unspecified atom stereocenters. The first kappa shape index (κ1) is 21.0. The van der Waals surface area contributed by atoms with E-state index in [1.54, 1.807) is 7.11 Å². The number of aromatic hydroxyl groups is 4. The second-order valence-electron chi connectivity index (χ2n) is 7.57. The fraction of sp³-hybridized carbons (Fsp3) is 0.0385. The summed E-state index contributed by atoms with van der Waals surface area (Å²) in [6.07, 6.45) is 0. The lowest BCUT2D eigenvalue weighted by atomic mass is 10.0. The minimum Gasteiger partial charge on any atom is -0.508 e. The summed E-state index contributed by atoms with van der Waals surface area (Å²) in [6.45, 7) is 0. The number of phenols is 4. The Hall–Kier alpha value is -4.85. The van der Waals surface area contributed by atoms with Crippen molar-refractivity contribution in [2.45, 2.75) is 0 Å². The van der Waals surface area contributed by atoms with Gasteiger partial charge in [0, 0.05) is 23.1 Å². The standard InChI is InChI=1S/C26H19N3O5/c1-34-23-11-10-18(16-4-2-3-5-17(16)23)24-27-25(19-8-6-14(30)12-21(19)32)29-26(28-24)20-9-7-15(31)13-22(20)33/h2-13,30-33H,1H3. The van der Waals surface area contributed by atoms with Gasteiger partial charge in [0.1, 0.15) is 28.7 Å². The van der Waals surface area contributed by atoms with Crippen molar-refractivity contribution < 1.29 is 25.2 Å². The Morgan fingerprint density at radius 1 is 0.559 bits per heavy atom. The number of fused-ring (bicyclic) bond motifs is 1. The maximum Gasteiger partial charge on any atom is 0.167 e. The van der Waals surface area contributed by atoms with Gasteiger partial charge in [0.15, 0.2) is 17.5 Å². The van der Waals surface area contributed by atoms with Crippen molar-refractivity contribution in [1.29, 1.82) is 0 Å². The van der Waals surface area contributed by atoms with Gasteiger partial charge in [-0.05, 0) is 41.8 Å². The van der Waals surface area contributed by atoms with Crippen LogP contribution in [0.2, 0.25) is 0 Å². The van der Waals surface area contributed by atoms with Crippen LogP contribution in [0.15, 0.2) is 72.8 Å². The summed E-state index contributed by atoms with van der Waals surface area (Å²) in [5.41, 5.74) is 1.25. The van der Waals surface area contributed by atoms with Gasteiger partial charge in [-0.2, -0.15) is 0 Å². The summed E-state index contributed by atoms with van der Waals surface area (Å²) in [6, 6.07) is 19.5. The third-order valence-corrected chi connectivity index (χ3v) is 5.42. The maximum atomic E-state index is 10.4. The molecule has 0 aliphatic rings. The molecule has 34 heavy (non-hydrogen) atoms. The topological polar surface area (TPSA) is 129 Å². The Morgan fingerprint density at radius 2 is 1.03 bits per heavy atom. The molecule has 1 aromatic heterocycles. The molecule has 1 heterocycles. The quantitative estimate of drug-likeness (QED) is 0.304. The van der Waals surface area contributed by atoms with Gasteiger partial charge in [-0.3, -0.25) is 0 Å². The van der Waals surface area contributed by atoms with Gasteiger partial charge in [0.2, 0.25) is 0 Å². The first-order chi connectivity index (χ1) is 16.4. The molecule has 0 saturated carbocycles. The average molecular weight is 453 g/mol. The van der Waals surface area contributed by atoms with E-state index in [9.17, 15) is 20.4 Å². The zero-order chi connectivity index (χ0) is 23.8. The van der Waals surface area contributed by atoms with Crippen molar-refractivity contribution in [1.82, 2.24) is 15.0 Å². The minimum atomic E-state index is -0.211. The average Bonchev–Trinajstić information content (AvgIpc) is 2.83.